The molecule has 0 aliphatic carbocycles. The molecule has 0 bridgehead atoms. The molecule has 1 aliphatic rings. The van der Waals surface area contributed by atoms with Gasteiger partial charge in [0.1, 0.15) is 5.82 Å². The second kappa shape index (κ2) is 4.50. The van der Waals surface area contributed by atoms with Crippen molar-refractivity contribution in [1.29, 1.82) is 0 Å². The van der Waals surface area contributed by atoms with Gasteiger partial charge in [0.25, 0.3) is 0 Å². The molecule has 2 rings (SSSR count). The maximum absolute atomic E-state index is 13.5. The van der Waals surface area contributed by atoms with Gasteiger partial charge in [-0.1, -0.05) is 6.07 Å². The summed E-state index contributed by atoms with van der Waals surface area (Å²) >= 11 is 0. The average molecular weight is 237 g/mol. The van der Waals surface area contributed by atoms with Crippen molar-refractivity contribution in [3.63, 3.8) is 0 Å². The number of rotatable bonds is 2. The van der Waals surface area contributed by atoms with Crippen LogP contribution >= 0.6 is 0 Å². The number of nitrogens with two attached hydrogens (primary N) is 1. The lowest BCUT2D eigenvalue weighted by molar-refractivity contribution is -0.136. The Kier molecular flexibility index (Phi) is 3.06. The normalized spacial score (nSPS) is 17.0. The highest BCUT2D eigenvalue weighted by Crippen LogP contribution is 2.18. The van der Waals surface area contributed by atoms with Crippen LogP contribution in [-0.2, 0) is 16.1 Å². The SMILES string of the molecule is Nc1cccc(F)c1CN1CC(=O)NC(=O)C1. The Balaban J connectivity index is 2.15. The number of nitrogens with one attached hydrogen (secondary N) is 1. The molecule has 0 spiro atoms. The first-order valence-corrected chi connectivity index (χ1v) is 5.14. The van der Waals surface area contributed by atoms with E-state index in [9.17, 15) is 14.0 Å². The lowest BCUT2D eigenvalue weighted by Gasteiger charge is -2.25. The van der Waals surface area contributed by atoms with E-state index >= 15 is 0 Å². The fourth-order valence-corrected chi connectivity index (χ4v) is 1.77. The van der Waals surface area contributed by atoms with Crippen LogP contribution < -0.4 is 11.1 Å². The molecule has 1 saturated heterocycles. The monoisotopic (exact) mass is 237 g/mol. The molecule has 0 unspecified atom stereocenters. The highest BCUT2D eigenvalue weighted by Gasteiger charge is 2.23. The molecule has 0 saturated carbocycles. The maximum Gasteiger partial charge on any atom is 0.240 e. The van der Waals surface area contributed by atoms with Gasteiger partial charge < -0.3 is 5.73 Å². The molecule has 5 nitrogen and oxygen atoms in total. The molecule has 1 aromatic rings. The van der Waals surface area contributed by atoms with Gasteiger partial charge in [0.15, 0.2) is 0 Å². The Morgan fingerprint density at radius 3 is 2.53 bits per heavy atom. The number of amides is 2. The van der Waals surface area contributed by atoms with Crippen molar-refractivity contribution in [2.75, 3.05) is 18.8 Å². The summed E-state index contributed by atoms with van der Waals surface area (Å²) in [4.78, 5) is 23.8. The van der Waals surface area contributed by atoms with Gasteiger partial charge in [0.2, 0.25) is 11.8 Å². The van der Waals surface area contributed by atoms with E-state index < -0.39 is 5.82 Å². The minimum absolute atomic E-state index is 0.0690. The maximum atomic E-state index is 13.5. The van der Waals surface area contributed by atoms with Crippen LogP contribution in [0.3, 0.4) is 0 Å². The largest absolute Gasteiger partial charge is 0.398 e. The highest BCUT2D eigenvalue weighted by atomic mass is 19.1. The summed E-state index contributed by atoms with van der Waals surface area (Å²) in [5.74, 6) is -1.18. The fourth-order valence-electron chi connectivity index (χ4n) is 1.77. The van der Waals surface area contributed by atoms with Crippen molar-refractivity contribution < 1.29 is 14.0 Å². The Bertz CT molecular complexity index is 440. The van der Waals surface area contributed by atoms with Crippen LogP contribution in [0.25, 0.3) is 0 Å². The number of halogens is 1. The Hall–Kier alpha value is -1.95. The van der Waals surface area contributed by atoms with E-state index in [2.05, 4.69) is 5.32 Å². The third kappa shape index (κ3) is 2.59. The summed E-state index contributed by atoms with van der Waals surface area (Å²) in [6.45, 7) is 0.288. The van der Waals surface area contributed by atoms with Crippen molar-refractivity contribution in [2.24, 2.45) is 0 Å². The zero-order valence-corrected chi connectivity index (χ0v) is 9.07. The molecular formula is C11H12FN3O2. The van der Waals surface area contributed by atoms with Crippen molar-refractivity contribution >= 4 is 17.5 Å². The number of benzene rings is 1. The fraction of sp³-hybridized carbons (Fsp3) is 0.273. The molecular weight excluding hydrogens is 225 g/mol. The van der Waals surface area contributed by atoms with E-state index in [-0.39, 0.29) is 31.4 Å². The van der Waals surface area contributed by atoms with Crippen molar-refractivity contribution in [3.05, 3.63) is 29.6 Å². The first-order valence-electron chi connectivity index (χ1n) is 5.14. The number of piperazine rings is 1. The number of carbonyl (C=O) groups is 2. The van der Waals surface area contributed by atoms with Crippen molar-refractivity contribution in [1.82, 2.24) is 10.2 Å². The van der Waals surface area contributed by atoms with Crippen LogP contribution in [0.2, 0.25) is 0 Å². The summed E-state index contributed by atoms with van der Waals surface area (Å²) in [5, 5.41) is 2.18. The first kappa shape index (κ1) is 11.5. The molecule has 1 aromatic carbocycles. The molecule has 1 heterocycles. The molecule has 1 aliphatic heterocycles. The van der Waals surface area contributed by atoms with E-state index in [4.69, 9.17) is 5.73 Å². The number of imide groups is 1. The molecule has 2 amide bonds. The van der Waals surface area contributed by atoms with Gasteiger partial charge in [-0.2, -0.15) is 0 Å². The zero-order valence-electron chi connectivity index (χ0n) is 9.07. The summed E-state index contributed by atoms with van der Waals surface area (Å²) in [6.07, 6.45) is 0. The Labute approximate surface area is 97.4 Å². The van der Waals surface area contributed by atoms with Crippen molar-refractivity contribution in [3.8, 4) is 0 Å². The van der Waals surface area contributed by atoms with Gasteiger partial charge in [-0.05, 0) is 12.1 Å². The highest BCUT2D eigenvalue weighted by molar-refractivity contribution is 5.99. The summed E-state index contributed by atoms with van der Waals surface area (Å²) < 4.78 is 13.5. The van der Waals surface area contributed by atoms with Crippen LogP contribution in [0.4, 0.5) is 10.1 Å². The quantitative estimate of drug-likeness (QED) is 0.555. The molecule has 17 heavy (non-hydrogen) atoms. The van der Waals surface area contributed by atoms with Gasteiger partial charge in [-0.3, -0.25) is 19.8 Å². The minimum atomic E-state index is -0.427. The average Bonchev–Trinajstić information content (AvgIpc) is 2.22. The summed E-state index contributed by atoms with van der Waals surface area (Å²) in [5.41, 5.74) is 6.29. The predicted octanol–water partition coefficient (Wildman–Crippen LogP) is -0.134. The Morgan fingerprint density at radius 1 is 1.29 bits per heavy atom. The minimum Gasteiger partial charge on any atom is -0.398 e. The number of carbonyl (C=O) groups excluding carboxylic acids is 2. The number of anilines is 1. The van der Waals surface area contributed by atoms with E-state index in [1.807, 2.05) is 0 Å². The van der Waals surface area contributed by atoms with E-state index in [1.54, 1.807) is 11.0 Å². The second-order valence-electron chi connectivity index (χ2n) is 3.92. The standard InChI is InChI=1S/C11H12FN3O2/c12-8-2-1-3-9(13)7(8)4-15-5-10(16)14-11(17)6-15/h1-3H,4-6,13H2,(H,14,16,17). The molecule has 6 heteroatoms. The molecule has 1 fully saturated rings. The summed E-state index contributed by atoms with van der Waals surface area (Å²) in [7, 11) is 0. The smallest absolute Gasteiger partial charge is 0.240 e. The van der Waals surface area contributed by atoms with Gasteiger partial charge in [0.05, 0.1) is 13.1 Å². The van der Waals surface area contributed by atoms with Gasteiger partial charge in [-0.15, -0.1) is 0 Å². The van der Waals surface area contributed by atoms with E-state index in [1.165, 1.54) is 12.1 Å². The van der Waals surface area contributed by atoms with Crippen LogP contribution in [0, 0.1) is 5.82 Å². The van der Waals surface area contributed by atoms with Gasteiger partial charge in [0, 0.05) is 17.8 Å². The molecule has 0 atom stereocenters. The third-order valence-corrected chi connectivity index (χ3v) is 2.55. The van der Waals surface area contributed by atoms with Crippen LogP contribution in [0.5, 0.6) is 0 Å². The summed E-state index contributed by atoms with van der Waals surface area (Å²) in [6, 6.07) is 4.41. The lowest BCUT2D eigenvalue weighted by Crippen LogP contribution is -2.51. The number of nitrogens with zero attached hydrogens (tertiary/aromatic N) is 1. The number of hydrogen-bond donors (Lipinski definition) is 2. The van der Waals surface area contributed by atoms with Crippen LogP contribution in [0.15, 0.2) is 18.2 Å². The number of hydrogen-bond acceptors (Lipinski definition) is 4. The van der Waals surface area contributed by atoms with Crippen LogP contribution in [-0.4, -0.2) is 29.8 Å². The van der Waals surface area contributed by atoms with E-state index in [0.717, 1.165) is 0 Å². The zero-order chi connectivity index (χ0) is 12.4. The molecule has 0 aromatic heterocycles. The van der Waals surface area contributed by atoms with Crippen molar-refractivity contribution in [2.45, 2.75) is 6.54 Å². The first-order chi connectivity index (χ1) is 8.06. The molecule has 0 radical (unpaired) electrons. The third-order valence-electron chi connectivity index (χ3n) is 2.55. The van der Waals surface area contributed by atoms with Gasteiger partial charge in [-0.25, -0.2) is 4.39 Å². The lowest BCUT2D eigenvalue weighted by atomic mass is 10.1. The topological polar surface area (TPSA) is 75.4 Å². The number of nitrogen functional groups attached to an aromatic ring is 1. The second-order valence-corrected chi connectivity index (χ2v) is 3.92. The molecule has 3 N–H and O–H groups in total. The van der Waals surface area contributed by atoms with E-state index in [0.29, 0.717) is 11.3 Å². The van der Waals surface area contributed by atoms with Crippen LogP contribution in [0.1, 0.15) is 5.56 Å². The van der Waals surface area contributed by atoms with Gasteiger partial charge >= 0.3 is 0 Å². The Morgan fingerprint density at radius 2 is 1.94 bits per heavy atom. The predicted molar refractivity (Wildman–Crippen MR) is 59.2 cm³/mol. The molecule has 90 valence electrons.